The van der Waals surface area contributed by atoms with Crippen LogP contribution in [-0.4, -0.2) is 69.4 Å². The number of hydrogen-bond acceptors (Lipinski definition) is 7. The Kier molecular flexibility index (Phi) is 56.7. The van der Waals surface area contributed by atoms with Crippen molar-refractivity contribution in [3.8, 4) is 0 Å². The normalized spacial score (nSPS) is 14.1. The highest BCUT2D eigenvalue weighted by Gasteiger charge is 2.27. The molecule has 0 aromatic rings. The van der Waals surface area contributed by atoms with Gasteiger partial charge in [0, 0.05) is 12.8 Å². The number of ether oxygens (including phenoxy) is 1. The first-order valence-electron chi connectivity index (χ1n) is 33.2. The molecule has 1 N–H and O–H groups in total. The zero-order valence-electron chi connectivity index (χ0n) is 52.6. The molecule has 0 aliphatic heterocycles. The Balaban J connectivity index is 5.13. The van der Waals surface area contributed by atoms with Crippen LogP contribution in [0.2, 0.25) is 0 Å². The van der Waals surface area contributed by atoms with Gasteiger partial charge in [0.05, 0.1) is 33.8 Å². The summed E-state index contributed by atoms with van der Waals surface area (Å²) in [6, 6.07) is -0.895. The Bertz CT molecular complexity index is 1580. The highest BCUT2D eigenvalue weighted by molar-refractivity contribution is 7.45. The zero-order valence-corrected chi connectivity index (χ0v) is 53.5. The number of phosphoric acid groups is 1. The van der Waals surface area contributed by atoms with Gasteiger partial charge in [-0.2, -0.15) is 0 Å². The minimum absolute atomic E-state index is 0.0257. The molecule has 3 unspecified atom stereocenters. The van der Waals surface area contributed by atoms with Crippen molar-refractivity contribution in [3.05, 3.63) is 72.9 Å². The maximum absolute atomic E-state index is 13.6. The number of quaternary nitrogens is 1. The third-order valence-corrected chi connectivity index (χ3v) is 15.6. The minimum atomic E-state index is -4.70. The van der Waals surface area contributed by atoms with E-state index in [-0.39, 0.29) is 24.9 Å². The van der Waals surface area contributed by atoms with E-state index in [9.17, 15) is 19.0 Å². The molecule has 0 fully saturated rings. The lowest BCUT2D eigenvalue weighted by Crippen LogP contribution is -2.47. The van der Waals surface area contributed by atoms with E-state index in [2.05, 4.69) is 86.8 Å². The Morgan fingerprint density at radius 2 is 0.810 bits per heavy atom. The molecule has 10 heteroatoms. The number of unbranched alkanes of at least 4 members (excludes halogenated alkanes) is 34. The maximum Gasteiger partial charge on any atom is 0.306 e. The predicted octanol–water partition coefficient (Wildman–Crippen LogP) is 20.2. The van der Waals surface area contributed by atoms with Crippen molar-refractivity contribution >= 4 is 19.7 Å². The van der Waals surface area contributed by atoms with Crippen molar-refractivity contribution in [2.45, 2.75) is 315 Å². The van der Waals surface area contributed by atoms with Gasteiger partial charge >= 0.3 is 5.97 Å². The summed E-state index contributed by atoms with van der Waals surface area (Å²) in [5, 5.41) is 3.03. The molecule has 1 amide bonds. The topological polar surface area (TPSA) is 114 Å². The lowest BCUT2D eigenvalue weighted by atomic mass is 10.0. The molecule has 0 rings (SSSR count). The van der Waals surface area contributed by atoms with Crippen LogP contribution in [-0.2, 0) is 27.9 Å². The van der Waals surface area contributed by atoms with Crippen LogP contribution >= 0.6 is 7.82 Å². The molecule has 460 valence electrons. The SMILES string of the molecule is CC/C=C\C/C=C\C/C=C\C/C=C\C/C=C\CCCCCCCCCC(=O)NC(COP(=O)([O-])OCC[N+](C)(C)C)C(/C=C/CCCCCCCCCCC)OC(=O)CCCCCCCCCCCCCCCCCCCCC. The zero-order chi connectivity index (χ0) is 57.9. The highest BCUT2D eigenvalue weighted by atomic mass is 31.2. The lowest BCUT2D eigenvalue weighted by molar-refractivity contribution is -0.870. The maximum atomic E-state index is 13.6. The Labute approximate surface area is 489 Å². The first kappa shape index (κ1) is 76.5. The van der Waals surface area contributed by atoms with Crippen LogP contribution in [0.3, 0.4) is 0 Å². The number of rotatable bonds is 60. The van der Waals surface area contributed by atoms with Crippen LogP contribution in [0.1, 0.15) is 303 Å². The average molecular weight is 1130 g/mol. The van der Waals surface area contributed by atoms with Gasteiger partial charge < -0.3 is 28.5 Å². The number of carbonyl (C=O) groups excluding carboxylic acids is 2. The fraction of sp³-hybridized carbons (Fsp3) is 0.797. The van der Waals surface area contributed by atoms with Gasteiger partial charge in [0.15, 0.2) is 0 Å². The Morgan fingerprint density at radius 1 is 0.456 bits per heavy atom. The summed E-state index contributed by atoms with van der Waals surface area (Å²) in [7, 11) is 1.18. The minimum Gasteiger partial charge on any atom is -0.756 e. The second-order valence-corrected chi connectivity index (χ2v) is 25.0. The molecule has 79 heavy (non-hydrogen) atoms. The van der Waals surface area contributed by atoms with E-state index >= 15 is 0 Å². The fourth-order valence-electron chi connectivity index (χ4n) is 9.55. The molecule has 0 heterocycles. The molecule has 0 radical (unpaired) electrons. The number of esters is 1. The molecule has 0 bridgehead atoms. The van der Waals surface area contributed by atoms with Crippen molar-refractivity contribution in [1.82, 2.24) is 5.32 Å². The summed E-state index contributed by atoms with van der Waals surface area (Å²) in [4.78, 5) is 40.1. The summed E-state index contributed by atoms with van der Waals surface area (Å²) in [5.41, 5.74) is 0. The summed E-state index contributed by atoms with van der Waals surface area (Å²) in [6.45, 7) is 6.74. The molecule has 9 nitrogen and oxygen atoms in total. The van der Waals surface area contributed by atoms with Crippen molar-refractivity contribution < 1.29 is 37.3 Å². The number of amides is 1. The Hall–Kier alpha value is -2.55. The van der Waals surface area contributed by atoms with Gasteiger partial charge in [0.1, 0.15) is 19.3 Å². The molecule has 3 atom stereocenters. The van der Waals surface area contributed by atoms with E-state index in [0.29, 0.717) is 17.4 Å². The van der Waals surface area contributed by atoms with Gasteiger partial charge in [-0.1, -0.05) is 287 Å². The van der Waals surface area contributed by atoms with E-state index in [4.69, 9.17) is 13.8 Å². The van der Waals surface area contributed by atoms with Crippen molar-refractivity contribution in [3.63, 3.8) is 0 Å². The third-order valence-electron chi connectivity index (χ3n) is 14.7. The molecule has 0 saturated heterocycles. The van der Waals surface area contributed by atoms with Gasteiger partial charge in [0.25, 0.3) is 7.82 Å². The number of likely N-dealkylation sites (N-methyl/N-ethyl adjacent to an activating group) is 1. The van der Waals surface area contributed by atoms with E-state index in [1.165, 1.54) is 167 Å². The number of phosphoric ester groups is 1. The summed E-state index contributed by atoms with van der Waals surface area (Å²) < 4.78 is 30.4. The first-order chi connectivity index (χ1) is 38.4. The van der Waals surface area contributed by atoms with E-state index < -0.39 is 26.6 Å². The van der Waals surface area contributed by atoms with Gasteiger partial charge in [-0.3, -0.25) is 14.2 Å². The van der Waals surface area contributed by atoms with Crippen LogP contribution in [0.15, 0.2) is 72.9 Å². The van der Waals surface area contributed by atoms with Gasteiger partial charge in [-0.25, -0.2) is 0 Å². The largest absolute Gasteiger partial charge is 0.756 e. The number of nitrogens with zero attached hydrogens (tertiary/aromatic N) is 1. The van der Waals surface area contributed by atoms with Crippen molar-refractivity contribution in [2.75, 3.05) is 40.9 Å². The molecule has 0 saturated carbocycles. The number of hydrogen-bond donors (Lipinski definition) is 1. The fourth-order valence-corrected chi connectivity index (χ4v) is 10.3. The van der Waals surface area contributed by atoms with Crippen LogP contribution in [0.4, 0.5) is 0 Å². The molecule has 0 aliphatic rings. The summed E-state index contributed by atoms with van der Waals surface area (Å²) >= 11 is 0. The van der Waals surface area contributed by atoms with Crippen LogP contribution in [0.5, 0.6) is 0 Å². The number of nitrogens with one attached hydrogen (secondary N) is 1. The number of allylic oxidation sites excluding steroid dienone is 11. The third kappa shape index (κ3) is 59.9. The van der Waals surface area contributed by atoms with Crippen LogP contribution in [0, 0.1) is 0 Å². The smallest absolute Gasteiger partial charge is 0.306 e. The monoisotopic (exact) mass is 1130 g/mol. The first-order valence-corrected chi connectivity index (χ1v) is 34.7. The van der Waals surface area contributed by atoms with E-state index in [1.54, 1.807) is 0 Å². The molecule has 0 aromatic heterocycles. The van der Waals surface area contributed by atoms with Gasteiger partial charge in [0.2, 0.25) is 5.91 Å². The summed E-state index contributed by atoms with van der Waals surface area (Å²) in [5.74, 6) is -0.546. The number of carbonyl (C=O) groups is 2. The molecule has 0 aliphatic carbocycles. The molecule has 0 aromatic carbocycles. The standard InChI is InChI=1S/C69H127N2O7P/c1-7-10-13-16-19-22-25-27-29-31-33-34-35-36-38-39-41-43-46-49-52-55-58-61-68(72)70-66(65-77-79(74,75)76-64-63-71(4,5)6)67(60-57-54-51-48-45-24-21-18-15-12-9-3)78-69(73)62-59-56-53-50-47-44-42-40-37-32-30-28-26-23-20-17-14-11-8-2/h10,13,19,22,27,29,33-34,36,38,57,60,66-67H,7-9,11-12,14-18,20-21,23-26,28,30-32,35,37,39-56,58-59,61-65H2,1-6H3,(H-,70,72,74,75)/b13-10-,22-19-,29-27-,34-33-,38-36-,60-57+. The Morgan fingerprint density at radius 3 is 1.22 bits per heavy atom. The quantitative estimate of drug-likeness (QED) is 0.0212. The van der Waals surface area contributed by atoms with Crippen molar-refractivity contribution in [1.29, 1.82) is 0 Å². The second-order valence-electron chi connectivity index (χ2n) is 23.6. The molecule has 0 spiro atoms. The van der Waals surface area contributed by atoms with Gasteiger partial charge in [-0.05, 0) is 76.7 Å². The second kappa shape index (κ2) is 58.6. The van der Waals surface area contributed by atoms with E-state index in [1.807, 2.05) is 33.3 Å². The van der Waals surface area contributed by atoms with Crippen LogP contribution in [0.25, 0.3) is 0 Å². The van der Waals surface area contributed by atoms with Crippen LogP contribution < -0.4 is 10.2 Å². The van der Waals surface area contributed by atoms with E-state index in [0.717, 1.165) is 103 Å². The lowest BCUT2D eigenvalue weighted by Gasteiger charge is -2.30. The van der Waals surface area contributed by atoms with Gasteiger partial charge in [-0.15, -0.1) is 0 Å². The highest BCUT2D eigenvalue weighted by Crippen LogP contribution is 2.38. The van der Waals surface area contributed by atoms with Crippen molar-refractivity contribution in [2.24, 2.45) is 0 Å². The molecular weight excluding hydrogens is 1000 g/mol. The predicted molar refractivity (Wildman–Crippen MR) is 339 cm³/mol. The summed E-state index contributed by atoms with van der Waals surface area (Å²) in [6.07, 6.45) is 75.9. The average Bonchev–Trinajstić information content (AvgIpc) is 3.41. The molecular formula is C69H127N2O7P.